The van der Waals surface area contributed by atoms with E-state index in [9.17, 15) is 24.0 Å². The molecule has 0 spiro atoms. The van der Waals surface area contributed by atoms with Crippen molar-refractivity contribution in [2.45, 2.75) is 26.0 Å². The Bertz CT molecular complexity index is 720. The molecule has 0 unspecified atom stereocenters. The first-order valence-electron chi connectivity index (χ1n) is 6.81. The number of aryl methyl sites for hydroxylation is 1. The van der Waals surface area contributed by atoms with Gasteiger partial charge in [-0.15, -0.1) is 0 Å². The van der Waals surface area contributed by atoms with E-state index in [1.807, 2.05) is 0 Å². The van der Waals surface area contributed by atoms with E-state index in [4.69, 9.17) is 0 Å². The number of aliphatic hydroxyl groups excluding tert-OH is 1. The maximum atomic E-state index is 13.7. The van der Waals surface area contributed by atoms with Crippen LogP contribution in [0, 0.1) is 28.7 Å². The molecule has 0 fully saturated rings. The lowest BCUT2D eigenvalue weighted by Crippen LogP contribution is -2.26. The maximum Gasteiger partial charge on any atom is 0.290 e. The van der Waals surface area contributed by atoms with Gasteiger partial charge in [-0.3, -0.25) is 10.1 Å². The van der Waals surface area contributed by atoms with Crippen LogP contribution in [0.3, 0.4) is 0 Å². The van der Waals surface area contributed by atoms with Crippen LogP contribution in [0.15, 0.2) is 30.3 Å². The van der Waals surface area contributed by atoms with Gasteiger partial charge in [0.15, 0.2) is 0 Å². The van der Waals surface area contributed by atoms with Crippen LogP contribution in [0.25, 0.3) is 0 Å². The van der Waals surface area contributed by atoms with Crippen LogP contribution in [0.1, 0.15) is 24.3 Å². The van der Waals surface area contributed by atoms with Crippen molar-refractivity contribution in [2.24, 2.45) is 0 Å². The van der Waals surface area contributed by atoms with Crippen molar-refractivity contribution in [3.63, 3.8) is 0 Å². The highest BCUT2D eigenvalue weighted by atomic mass is 19.1. The van der Waals surface area contributed by atoms with Crippen LogP contribution in [0.2, 0.25) is 0 Å². The summed E-state index contributed by atoms with van der Waals surface area (Å²) < 4.78 is 27.4. The predicted octanol–water partition coefficient (Wildman–Crippen LogP) is 3.11. The summed E-state index contributed by atoms with van der Waals surface area (Å²) in [6.07, 6.45) is -1.45. The molecule has 2 aromatic rings. The van der Waals surface area contributed by atoms with Gasteiger partial charge in [0.25, 0.3) is 5.69 Å². The van der Waals surface area contributed by atoms with Crippen molar-refractivity contribution in [1.82, 2.24) is 4.98 Å². The summed E-state index contributed by atoms with van der Waals surface area (Å²) >= 11 is 0. The normalized spacial score (nSPS) is 13.4. The molecular formula is C15H15F2N3O3. The van der Waals surface area contributed by atoms with Crippen LogP contribution >= 0.6 is 0 Å². The van der Waals surface area contributed by atoms with Crippen molar-refractivity contribution < 1.29 is 18.8 Å². The number of hydrogen-bond donors (Lipinski definition) is 2. The van der Waals surface area contributed by atoms with E-state index in [-0.39, 0.29) is 17.2 Å². The average Bonchev–Trinajstić information content (AvgIpc) is 2.46. The average molecular weight is 323 g/mol. The smallest absolute Gasteiger partial charge is 0.290 e. The number of nitro groups is 1. The summed E-state index contributed by atoms with van der Waals surface area (Å²) in [6, 6.07) is 5.19. The molecule has 1 heterocycles. The zero-order valence-corrected chi connectivity index (χ0v) is 12.5. The Morgan fingerprint density at radius 2 is 1.87 bits per heavy atom. The lowest BCUT2D eigenvalue weighted by atomic mass is 10.0. The molecule has 0 aliphatic heterocycles. The number of anilines is 1. The number of hydrogen-bond acceptors (Lipinski definition) is 5. The third-order valence-corrected chi connectivity index (χ3v) is 3.40. The molecule has 0 saturated heterocycles. The predicted molar refractivity (Wildman–Crippen MR) is 80.0 cm³/mol. The van der Waals surface area contributed by atoms with Gasteiger partial charge >= 0.3 is 0 Å². The van der Waals surface area contributed by atoms with E-state index in [2.05, 4.69) is 10.3 Å². The van der Waals surface area contributed by atoms with Crippen LogP contribution < -0.4 is 5.32 Å². The number of halogens is 2. The number of pyridine rings is 1. The Morgan fingerprint density at radius 1 is 1.26 bits per heavy atom. The van der Waals surface area contributed by atoms with E-state index < -0.39 is 34.3 Å². The third kappa shape index (κ3) is 3.59. The van der Waals surface area contributed by atoms with Crippen molar-refractivity contribution in [3.8, 4) is 0 Å². The minimum atomic E-state index is -1.45. The Balaban J connectivity index is 2.20. The van der Waals surface area contributed by atoms with Gasteiger partial charge in [0.05, 0.1) is 16.5 Å². The minimum Gasteiger partial charge on any atom is -0.386 e. The molecule has 0 aliphatic rings. The molecule has 8 heteroatoms. The molecule has 2 atom stereocenters. The number of nitrogens with zero attached hydrogens (tertiary/aromatic N) is 2. The van der Waals surface area contributed by atoms with Gasteiger partial charge in [0.1, 0.15) is 29.3 Å². The van der Waals surface area contributed by atoms with E-state index >= 15 is 0 Å². The number of aromatic nitrogens is 1. The van der Waals surface area contributed by atoms with Gasteiger partial charge in [0.2, 0.25) is 0 Å². The van der Waals surface area contributed by atoms with Gasteiger partial charge in [-0.05, 0) is 32.0 Å². The molecule has 0 saturated carbocycles. The van der Waals surface area contributed by atoms with Crippen LogP contribution in [-0.2, 0) is 0 Å². The molecule has 1 aromatic heterocycles. The fraction of sp³-hybridized carbons (Fsp3) is 0.267. The highest BCUT2D eigenvalue weighted by molar-refractivity contribution is 5.45. The number of benzene rings is 1. The third-order valence-electron chi connectivity index (χ3n) is 3.40. The molecule has 0 amide bonds. The second kappa shape index (κ2) is 6.66. The number of aliphatic hydroxyl groups is 1. The second-order valence-corrected chi connectivity index (χ2v) is 5.07. The maximum absolute atomic E-state index is 13.7. The summed E-state index contributed by atoms with van der Waals surface area (Å²) in [5, 5.41) is 23.7. The van der Waals surface area contributed by atoms with Crippen molar-refractivity contribution in [3.05, 3.63) is 63.3 Å². The van der Waals surface area contributed by atoms with Crippen LogP contribution in [0.4, 0.5) is 20.3 Å². The SMILES string of the molecule is Cc1nc(N[C@@H](C)[C@@H](O)c2c(F)cccc2F)ccc1[N+](=O)[O-]. The fourth-order valence-corrected chi connectivity index (χ4v) is 2.18. The summed E-state index contributed by atoms with van der Waals surface area (Å²) in [7, 11) is 0. The molecule has 2 N–H and O–H groups in total. The van der Waals surface area contributed by atoms with Crippen molar-refractivity contribution >= 4 is 11.5 Å². The number of rotatable bonds is 5. The first kappa shape index (κ1) is 16.8. The lowest BCUT2D eigenvalue weighted by Gasteiger charge is -2.22. The molecule has 1 aromatic carbocycles. The van der Waals surface area contributed by atoms with Crippen molar-refractivity contribution in [2.75, 3.05) is 5.32 Å². The molecule has 0 aliphatic carbocycles. The highest BCUT2D eigenvalue weighted by Crippen LogP contribution is 2.26. The van der Waals surface area contributed by atoms with Gasteiger partial charge in [0, 0.05) is 6.07 Å². The van der Waals surface area contributed by atoms with E-state index in [1.54, 1.807) is 0 Å². The summed E-state index contributed by atoms with van der Waals surface area (Å²) in [5.41, 5.74) is -0.381. The van der Waals surface area contributed by atoms with Gasteiger partial charge in [-0.1, -0.05) is 6.07 Å². The highest BCUT2D eigenvalue weighted by Gasteiger charge is 2.24. The zero-order chi connectivity index (χ0) is 17.1. The Labute approximate surface area is 130 Å². The summed E-state index contributed by atoms with van der Waals surface area (Å²) in [5.74, 6) is -1.44. The topological polar surface area (TPSA) is 88.3 Å². The monoisotopic (exact) mass is 323 g/mol. The lowest BCUT2D eigenvalue weighted by molar-refractivity contribution is -0.385. The molecular weight excluding hydrogens is 308 g/mol. The van der Waals surface area contributed by atoms with E-state index in [0.29, 0.717) is 0 Å². The standard InChI is InChI=1S/C15H15F2N3O3/c1-8-12(20(22)23)6-7-13(18-8)19-9(2)15(21)14-10(16)4-3-5-11(14)17/h3-7,9,15,21H,1-2H3,(H,18,19)/t9-,15+/m0/s1. The van der Waals surface area contributed by atoms with Crippen LogP contribution in [0.5, 0.6) is 0 Å². The largest absolute Gasteiger partial charge is 0.386 e. The first-order chi connectivity index (χ1) is 10.8. The van der Waals surface area contributed by atoms with Crippen LogP contribution in [-0.4, -0.2) is 21.1 Å². The molecule has 0 radical (unpaired) electrons. The van der Waals surface area contributed by atoms with E-state index in [1.165, 1.54) is 32.0 Å². The molecule has 6 nitrogen and oxygen atoms in total. The summed E-state index contributed by atoms with van der Waals surface area (Å²) in [6.45, 7) is 3.00. The zero-order valence-electron chi connectivity index (χ0n) is 12.5. The quantitative estimate of drug-likeness (QED) is 0.652. The molecule has 23 heavy (non-hydrogen) atoms. The first-order valence-corrected chi connectivity index (χ1v) is 6.81. The van der Waals surface area contributed by atoms with Gasteiger partial charge in [-0.2, -0.15) is 0 Å². The number of nitrogens with one attached hydrogen (secondary N) is 1. The Kier molecular flexibility index (Phi) is 4.85. The van der Waals surface area contributed by atoms with Crippen molar-refractivity contribution in [1.29, 1.82) is 0 Å². The van der Waals surface area contributed by atoms with E-state index in [0.717, 1.165) is 12.1 Å². The summed E-state index contributed by atoms with van der Waals surface area (Å²) in [4.78, 5) is 14.2. The minimum absolute atomic E-state index is 0.135. The molecule has 0 bridgehead atoms. The molecule has 122 valence electrons. The fourth-order valence-electron chi connectivity index (χ4n) is 2.18. The second-order valence-electron chi connectivity index (χ2n) is 5.07. The van der Waals surface area contributed by atoms with Gasteiger partial charge < -0.3 is 10.4 Å². The Morgan fingerprint density at radius 3 is 2.39 bits per heavy atom. The Hall–Kier alpha value is -2.61. The molecule has 2 rings (SSSR count). The van der Waals surface area contributed by atoms with Gasteiger partial charge in [-0.25, -0.2) is 13.8 Å².